The summed E-state index contributed by atoms with van der Waals surface area (Å²) in [4.78, 5) is 22.5. The number of ether oxygens (including phenoxy) is 1. The van der Waals surface area contributed by atoms with Crippen molar-refractivity contribution in [2.45, 2.75) is 23.5 Å². The molecule has 2 atom stereocenters. The fourth-order valence-electron chi connectivity index (χ4n) is 2.26. The monoisotopic (exact) mass is 331 g/mol. The van der Waals surface area contributed by atoms with Gasteiger partial charge < -0.3 is 19.7 Å². The molecule has 3 N–H and O–H groups in total. The summed E-state index contributed by atoms with van der Waals surface area (Å²) >= 11 is 0. The van der Waals surface area contributed by atoms with Crippen LogP contribution in [0.1, 0.15) is 16.9 Å². The molecular formula is C12H17N3O6S. The first-order valence-corrected chi connectivity index (χ1v) is 7.99. The van der Waals surface area contributed by atoms with Crippen LogP contribution in [-0.4, -0.2) is 55.8 Å². The highest BCUT2D eigenvalue weighted by molar-refractivity contribution is 7.89. The van der Waals surface area contributed by atoms with Crippen molar-refractivity contribution in [1.29, 1.82) is 0 Å². The Morgan fingerprint density at radius 2 is 2.14 bits per heavy atom. The summed E-state index contributed by atoms with van der Waals surface area (Å²) in [6.07, 6.45) is 0.348. The Bertz CT molecular complexity index is 696. The molecule has 2 rings (SSSR count). The zero-order chi connectivity index (χ0) is 16.5. The Morgan fingerprint density at radius 1 is 1.45 bits per heavy atom. The first kappa shape index (κ1) is 16.5. The predicted molar refractivity (Wildman–Crippen MR) is 74.9 cm³/mol. The van der Waals surface area contributed by atoms with E-state index in [1.807, 2.05) is 0 Å². The molecule has 1 fully saturated rings. The quantitative estimate of drug-likeness (QED) is 0.629. The molecule has 0 aromatic carbocycles. The molecule has 0 unspecified atom stereocenters. The maximum absolute atomic E-state index is 12.3. The second-order valence-corrected chi connectivity index (χ2v) is 6.61. The number of aliphatic carboxylic acids is 1. The standard InChI is InChI=1S/C12H17N3O6S/c1-13-11(16)9-5-7(6-15(9)2)22(19,20)14-8-3-4-21-10(8)12(17)18/h5-6,8,10,14H,3-4H2,1-2H3,(H,13,16)(H,17,18)/t8-,10+/m1/s1. The molecule has 1 aliphatic heterocycles. The van der Waals surface area contributed by atoms with Gasteiger partial charge in [0, 0.05) is 26.9 Å². The minimum absolute atomic E-state index is 0.107. The highest BCUT2D eigenvalue weighted by atomic mass is 32.2. The van der Waals surface area contributed by atoms with Gasteiger partial charge in [0.05, 0.1) is 6.04 Å². The van der Waals surface area contributed by atoms with Crippen LogP contribution < -0.4 is 10.0 Å². The number of nitrogens with one attached hydrogen (secondary N) is 2. The third-order valence-corrected chi connectivity index (χ3v) is 4.85. The number of carboxylic acid groups (broad SMARTS) is 1. The van der Waals surface area contributed by atoms with E-state index in [0.29, 0.717) is 0 Å². The molecule has 1 aliphatic rings. The van der Waals surface area contributed by atoms with Gasteiger partial charge in [-0.15, -0.1) is 0 Å². The summed E-state index contributed by atoms with van der Waals surface area (Å²) < 4.78 is 33.4. The molecule has 1 aromatic heterocycles. The van der Waals surface area contributed by atoms with Gasteiger partial charge in [-0.2, -0.15) is 0 Å². The fourth-order valence-corrected chi connectivity index (χ4v) is 3.60. The SMILES string of the molecule is CNC(=O)c1cc(S(=O)(=O)N[C@@H]2CCO[C@@H]2C(=O)O)cn1C. The van der Waals surface area contributed by atoms with Gasteiger partial charge in [0.15, 0.2) is 6.10 Å². The normalized spacial score (nSPS) is 21.7. The fraction of sp³-hybridized carbons (Fsp3) is 0.500. The van der Waals surface area contributed by atoms with E-state index in [4.69, 9.17) is 9.84 Å². The van der Waals surface area contributed by atoms with Crippen LogP contribution >= 0.6 is 0 Å². The molecule has 22 heavy (non-hydrogen) atoms. The van der Waals surface area contributed by atoms with E-state index < -0.39 is 34.0 Å². The van der Waals surface area contributed by atoms with E-state index in [1.165, 1.54) is 23.9 Å². The number of sulfonamides is 1. The van der Waals surface area contributed by atoms with Crippen LogP contribution in [0.2, 0.25) is 0 Å². The number of amides is 1. The van der Waals surface area contributed by atoms with Crippen molar-refractivity contribution in [2.24, 2.45) is 7.05 Å². The van der Waals surface area contributed by atoms with Crippen LogP contribution in [0.3, 0.4) is 0 Å². The summed E-state index contributed by atoms with van der Waals surface area (Å²) in [5.74, 6) is -1.64. The van der Waals surface area contributed by atoms with E-state index in [0.717, 1.165) is 0 Å². The summed E-state index contributed by atoms with van der Waals surface area (Å²) in [6, 6.07) is 0.387. The topological polar surface area (TPSA) is 127 Å². The third kappa shape index (κ3) is 3.13. The van der Waals surface area contributed by atoms with Crippen LogP contribution in [0.5, 0.6) is 0 Å². The van der Waals surface area contributed by atoms with Crippen LogP contribution in [0, 0.1) is 0 Å². The van der Waals surface area contributed by atoms with Crippen molar-refractivity contribution in [1.82, 2.24) is 14.6 Å². The first-order chi connectivity index (χ1) is 10.3. The molecule has 0 aliphatic carbocycles. The van der Waals surface area contributed by atoms with E-state index >= 15 is 0 Å². The number of aromatic nitrogens is 1. The van der Waals surface area contributed by atoms with Crippen LogP contribution in [-0.2, 0) is 26.6 Å². The Hall–Kier alpha value is -1.91. The summed E-state index contributed by atoms with van der Waals surface area (Å²) in [5.41, 5.74) is 0.181. The second-order valence-electron chi connectivity index (χ2n) is 4.90. The third-order valence-electron chi connectivity index (χ3n) is 3.39. The molecule has 0 spiro atoms. The van der Waals surface area contributed by atoms with Crippen molar-refractivity contribution in [3.63, 3.8) is 0 Å². The van der Waals surface area contributed by atoms with Gasteiger partial charge in [-0.3, -0.25) is 4.79 Å². The lowest BCUT2D eigenvalue weighted by Crippen LogP contribution is -2.43. The average molecular weight is 331 g/mol. The van der Waals surface area contributed by atoms with E-state index in [1.54, 1.807) is 7.05 Å². The van der Waals surface area contributed by atoms with Crippen molar-refractivity contribution in [2.75, 3.05) is 13.7 Å². The number of carbonyl (C=O) groups excluding carboxylic acids is 1. The first-order valence-electron chi connectivity index (χ1n) is 6.51. The number of aryl methyl sites for hydroxylation is 1. The molecule has 0 bridgehead atoms. The molecule has 0 saturated carbocycles. The Morgan fingerprint density at radius 3 is 2.73 bits per heavy atom. The van der Waals surface area contributed by atoms with Crippen molar-refractivity contribution in [3.8, 4) is 0 Å². The highest BCUT2D eigenvalue weighted by Gasteiger charge is 2.37. The molecular weight excluding hydrogens is 314 g/mol. The van der Waals surface area contributed by atoms with E-state index in [2.05, 4.69) is 10.0 Å². The number of rotatable bonds is 5. The van der Waals surface area contributed by atoms with E-state index in [9.17, 15) is 18.0 Å². The number of hydrogen-bond donors (Lipinski definition) is 3. The van der Waals surface area contributed by atoms with Crippen LogP contribution in [0.15, 0.2) is 17.2 Å². The number of nitrogens with zero attached hydrogens (tertiary/aromatic N) is 1. The average Bonchev–Trinajstić information content (AvgIpc) is 3.04. The highest BCUT2D eigenvalue weighted by Crippen LogP contribution is 2.19. The second kappa shape index (κ2) is 6.07. The predicted octanol–water partition coefficient (Wildman–Crippen LogP) is -1.09. The number of carbonyl (C=O) groups is 2. The molecule has 2 heterocycles. The molecule has 0 radical (unpaired) electrons. The summed E-state index contributed by atoms with van der Waals surface area (Å²) in [6.45, 7) is 0.169. The zero-order valence-electron chi connectivity index (χ0n) is 12.1. The lowest BCUT2D eigenvalue weighted by Gasteiger charge is -2.15. The molecule has 10 heteroatoms. The van der Waals surface area contributed by atoms with Crippen molar-refractivity contribution < 1.29 is 27.9 Å². The Balaban J connectivity index is 2.24. The Labute approximate surface area is 127 Å². The van der Waals surface area contributed by atoms with Crippen LogP contribution in [0.25, 0.3) is 0 Å². The van der Waals surface area contributed by atoms with Gasteiger partial charge in [-0.05, 0) is 12.5 Å². The van der Waals surface area contributed by atoms with Gasteiger partial charge in [0.1, 0.15) is 10.6 Å². The van der Waals surface area contributed by atoms with Crippen molar-refractivity contribution >= 4 is 21.9 Å². The Kier molecular flexibility index (Phi) is 4.54. The molecule has 122 valence electrons. The maximum Gasteiger partial charge on any atom is 0.334 e. The minimum Gasteiger partial charge on any atom is -0.479 e. The van der Waals surface area contributed by atoms with Crippen molar-refractivity contribution in [3.05, 3.63) is 18.0 Å². The molecule has 9 nitrogen and oxygen atoms in total. The smallest absolute Gasteiger partial charge is 0.334 e. The van der Waals surface area contributed by atoms with E-state index in [-0.39, 0.29) is 23.6 Å². The van der Waals surface area contributed by atoms with Gasteiger partial charge in [0.2, 0.25) is 10.0 Å². The summed E-state index contributed by atoms with van der Waals surface area (Å²) in [7, 11) is -0.964. The lowest BCUT2D eigenvalue weighted by atomic mass is 10.2. The minimum atomic E-state index is -3.95. The summed E-state index contributed by atoms with van der Waals surface area (Å²) in [5, 5.41) is 11.4. The lowest BCUT2D eigenvalue weighted by molar-refractivity contribution is -0.148. The molecule has 1 amide bonds. The molecule has 1 aromatic rings. The number of carboxylic acids is 1. The maximum atomic E-state index is 12.3. The molecule has 1 saturated heterocycles. The zero-order valence-corrected chi connectivity index (χ0v) is 12.9. The van der Waals surface area contributed by atoms with Gasteiger partial charge in [-0.25, -0.2) is 17.9 Å². The van der Waals surface area contributed by atoms with Gasteiger partial charge in [0.25, 0.3) is 5.91 Å². The van der Waals surface area contributed by atoms with Crippen LogP contribution in [0.4, 0.5) is 0 Å². The number of hydrogen-bond acceptors (Lipinski definition) is 5. The van der Waals surface area contributed by atoms with Gasteiger partial charge >= 0.3 is 5.97 Å². The largest absolute Gasteiger partial charge is 0.479 e. The van der Waals surface area contributed by atoms with Gasteiger partial charge in [-0.1, -0.05) is 0 Å².